The summed E-state index contributed by atoms with van der Waals surface area (Å²) >= 11 is 0. The molecular weight excluding hydrogens is 286 g/mol. The molecule has 0 bridgehead atoms. The summed E-state index contributed by atoms with van der Waals surface area (Å²) in [6, 6.07) is 10.6. The molecule has 1 amide bonds. The standard InChI is InChI=1S/C15H13N3O4/c19-14(16-8-13-2-1-7-20-13)9-21-12-5-3-11(4-6-12)15-18-17-10-22-15/h1-7,10H,8-9H2,(H,16,19). The minimum Gasteiger partial charge on any atom is -0.484 e. The second-order valence-corrected chi connectivity index (χ2v) is 4.41. The molecule has 2 heterocycles. The SMILES string of the molecule is O=C(COc1ccc(-c2nnco2)cc1)NCc1ccco1. The van der Waals surface area contributed by atoms with Crippen LogP contribution in [0.25, 0.3) is 11.5 Å². The fourth-order valence-corrected chi connectivity index (χ4v) is 1.79. The van der Waals surface area contributed by atoms with Gasteiger partial charge in [-0.25, -0.2) is 0 Å². The van der Waals surface area contributed by atoms with Crippen LogP contribution < -0.4 is 10.1 Å². The van der Waals surface area contributed by atoms with E-state index in [4.69, 9.17) is 13.6 Å². The van der Waals surface area contributed by atoms with Gasteiger partial charge in [0, 0.05) is 5.56 Å². The Kier molecular flexibility index (Phi) is 4.15. The summed E-state index contributed by atoms with van der Waals surface area (Å²) in [5.41, 5.74) is 0.784. The largest absolute Gasteiger partial charge is 0.484 e. The van der Waals surface area contributed by atoms with Gasteiger partial charge in [-0.15, -0.1) is 10.2 Å². The van der Waals surface area contributed by atoms with Crippen molar-refractivity contribution in [3.63, 3.8) is 0 Å². The second-order valence-electron chi connectivity index (χ2n) is 4.41. The fraction of sp³-hybridized carbons (Fsp3) is 0.133. The van der Waals surface area contributed by atoms with Gasteiger partial charge in [0.2, 0.25) is 12.3 Å². The van der Waals surface area contributed by atoms with E-state index < -0.39 is 0 Å². The molecule has 0 spiro atoms. The van der Waals surface area contributed by atoms with Crippen molar-refractivity contribution in [1.82, 2.24) is 15.5 Å². The number of benzene rings is 1. The van der Waals surface area contributed by atoms with Gasteiger partial charge in [-0.05, 0) is 36.4 Å². The summed E-state index contributed by atoms with van der Waals surface area (Å²) in [4.78, 5) is 11.7. The Morgan fingerprint density at radius 1 is 1.18 bits per heavy atom. The molecule has 3 aromatic rings. The van der Waals surface area contributed by atoms with Gasteiger partial charge in [-0.3, -0.25) is 4.79 Å². The number of carbonyl (C=O) groups is 1. The lowest BCUT2D eigenvalue weighted by Gasteiger charge is -2.06. The number of nitrogens with one attached hydrogen (secondary N) is 1. The van der Waals surface area contributed by atoms with Crippen LogP contribution in [0.4, 0.5) is 0 Å². The lowest BCUT2D eigenvalue weighted by atomic mass is 10.2. The molecule has 0 aliphatic heterocycles. The summed E-state index contributed by atoms with van der Waals surface area (Å²) in [5.74, 6) is 1.48. The average Bonchev–Trinajstić information content (AvgIpc) is 3.24. The van der Waals surface area contributed by atoms with Gasteiger partial charge in [-0.1, -0.05) is 0 Å². The fourth-order valence-electron chi connectivity index (χ4n) is 1.79. The highest BCUT2D eigenvalue weighted by atomic mass is 16.5. The maximum atomic E-state index is 11.7. The molecule has 112 valence electrons. The van der Waals surface area contributed by atoms with E-state index in [1.165, 1.54) is 6.39 Å². The Hall–Kier alpha value is -3.09. The second kappa shape index (κ2) is 6.57. The third kappa shape index (κ3) is 3.51. The van der Waals surface area contributed by atoms with E-state index in [0.29, 0.717) is 23.9 Å². The van der Waals surface area contributed by atoms with Gasteiger partial charge < -0.3 is 18.9 Å². The van der Waals surface area contributed by atoms with Crippen LogP contribution in [-0.2, 0) is 11.3 Å². The molecule has 0 aliphatic carbocycles. The minimum atomic E-state index is -0.225. The molecular formula is C15H13N3O4. The van der Waals surface area contributed by atoms with E-state index in [1.54, 1.807) is 42.7 Å². The topological polar surface area (TPSA) is 90.4 Å². The van der Waals surface area contributed by atoms with Gasteiger partial charge in [0.15, 0.2) is 6.61 Å². The zero-order valence-electron chi connectivity index (χ0n) is 11.6. The molecule has 7 nitrogen and oxygen atoms in total. The average molecular weight is 299 g/mol. The summed E-state index contributed by atoms with van der Waals surface area (Å²) in [5, 5.41) is 10.1. The number of furan rings is 1. The van der Waals surface area contributed by atoms with Gasteiger partial charge in [0.05, 0.1) is 12.8 Å². The Morgan fingerprint density at radius 3 is 2.73 bits per heavy atom. The minimum absolute atomic E-state index is 0.0688. The highest BCUT2D eigenvalue weighted by Crippen LogP contribution is 2.19. The summed E-state index contributed by atoms with van der Waals surface area (Å²) < 4.78 is 15.6. The van der Waals surface area contributed by atoms with Gasteiger partial charge >= 0.3 is 0 Å². The lowest BCUT2D eigenvalue weighted by molar-refractivity contribution is -0.123. The quantitative estimate of drug-likeness (QED) is 0.749. The number of nitrogens with zero attached hydrogens (tertiary/aromatic N) is 2. The molecule has 0 saturated carbocycles. The molecule has 0 atom stereocenters. The monoisotopic (exact) mass is 299 g/mol. The van der Waals surface area contributed by atoms with Crippen LogP contribution in [0.15, 0.2) is 57.9 Å². The first-order valence-electron chi connectivity index (χ1n) is 6.60. The Balaban J connectivity index is 1.48. The van der Waals surface area contributed by atoms with Crippen LogP contribution >= 0.6 is 0 Å². The first kappa shape index (κ1) is 13.9. The van der Waals surface area contributed by atoms with Crippen molar-refractivity contribution in [1.29, 1.82) is 0 Å². The van der Waals surface area contributed by atoms with Crippen molar-refractivity contribution in [2.75, 3.05) is 6.61 Å². The van der Waals surface area contributed by atoms with E-state index in [9.17, 15) is 4.79 Å². The number of rotatable bonds is 6. The maximum absolute atomic E-state index is 11.7. The van der Waals surface area contributed by atoms with Crippen molar-refractivity contribution in [3.8, 4) is 17.2 Å². The highest BCUT2D eigenvalue weighted by Gasteiger charge is 2.06. The molecule has 0 radical (unpaired) electrons. The molecule has 7 heteroatoms. The normalized spacial score (nSPS) is 10.4. The Morgan fingerprint density at radius 2 is 2.05 bits per heavy atom. The summed E-state index contributed by atoms with van der Waals surface area (Å²) in [6.45, 7) is 0.270. The van der Waals surface area contributed by atoms with E-state index in [0.717, 1.165) is 5.56 Å². The molecule has 1 aromatic carbocycles. The van der Waals surface area contributed by atoms with Crippen molar-refractivity contribution in [3.05, 3.63) is 54.8 Å². The van der Waals surface area contributed by atoms with E-state index in [1.807, 2.05) is 0 Å². The molecule has 0 fully saturated rings. The molecule has 22 heavy (non-hydrogen) atoms. The number of carbonyl (C=O) groups excluding carboxylic acids is 1. The Bertz CT molecular complexity index is 706. The number of amides is 1. The van der Waals surface area contributed by atoms with Crippen molar-refractivity contribution < 1.29 is 18.4 Å². The number of hydrogen-bond acceptors (Lipinski definition) is 6. The Labute approximate surface area is 125 Å². The molecule has 3 rings (SSSR count). The van der Waals surface area contributed by atoms with Crippen LogP contribution in [0, 0.1) is 0 Å². The van der Waals surface area contributed by atoms with Crippen LogP contribution in [0.2, 0.25) is 0 Å². The van der Waals surface area contributed by atoms with Crippen molar-refractivity contribution in [2.24, 2.45) is 0 Å². The third-order valence-corrected chi connectivity index (χ3v) is 2.87. The molecule has 0 unspecified atom stereocenters. The number of ether oxygens (including phenoxy) is 1. The van der Waals surface area contributed by atoms with Crippen molar-refractivity contribution >= 4 is 5.91 Å². The number of aromatic nitrogens is 2. The molecule has 1 N–H and O–H groups in total. The van der Waals surface area contributed by atoms with Crippen molar-refractivity contribution in [2.45, 2.75) is 6.54 Å². The predicted molar refractivity (Wildman–Crippen MR) is 75.8 cm³/mol. The predicted octanol–water partition coefficient (Wildman–Crippen LogP) is 2.02. The van der Waals surface area contributed by atoms with Gasteiger partial charge in [0.25, 0.3) is 5.91 Å². The van der Waals surface area contributed by atoms with E-state index in [-0.39, 0.29) is 12.5 Å². The maximum Gasteiger partial charge on any atom is 0.258 e. The zero-order chi connectivity index (χ0) is 15.2. The number of hydrogen-bond donors (Lipinski definition) is 1. The molecule has 0 aliphatic rings. The first-order chi connectivity index (χ1) is 10.8. The molecule has 2 aromatic heterocycles. The van der Waals surface area contributed by atoms with Crippen LogP contribution in [0.1, 0.15) is 5.76 Å². The zero-order valence-corrected chi connectivity index (χ0v) is 11.6. The van der Waals surface area contributed by atoms with E-state index >= 15 is 0 Å². The molecule has 0 saturated heterocycles. The van der Waals surface area contributed by atoms with Crippen LogP contribution in [0.5, 0.6) is 5.75 Å². The van der Waals surface area contributed by atoms with Crippen LogP contribution in [0.3, 0.4) is 0 Å². The van der Waals surface area contributed by atoms with Gasteiger partial charge in [-0.2, -0.15) is 0 Å². The highest BCUT2D eigenvalue weighted by molar-refractivity contribution is 5.77. The van der Waals surface area contributed by atoms with Gasteiger partial charge in [0.1, 0.15) is 11.5 Å². The van der Waals surface area contributed by atoms with Crippen LogP contribution in [-0.4, -0.2) is 22.7 Å². The smallest absolute Gasteiger partial charge is 0.258 e. The first-order valence-corrected chi connectivity index (χ1v) is 6.60. The lowest BCUT2D eigenvalue weighted by Crippen LogP contribution is -2.28. The summed E-state index contributed by atoms with van der Waals surface area (Å²) in [6.07, 6.45) is 2.83. The van der Waals surface area contributed by atoms with E-state index in [2.05, 4.69) is 15.5 Å². The third-order valence-electron chi connectivity index (χ3n) is 2.87. The summed E-state index contributed by atoms with van der Waals surface area (Å²) in [7, 11) is 0.